The number of rotatable bonds is 0. The van der Waals surface area contributed by atoms with Crippen LogP contribution in [0.2, 0.25) is 0 Å². The third kappa shape index (κ3) is 0.925. The van der Waals surface area contributed by atoms with Crippen LogP contribution in [0.3, 0.4) is 0 Å². The average Bonchev–Trinajstić information content (AvgIpc) is 1.72. The van der Waals surface area contributed by atoms with Crippen LogP contribution in [0.25, 0.3) is 0 Å². The molecule has 0 amide bonds. The fraction of sp³-hybridized carbons (Fsp3) is 0. The molecule has 4 heteroatoms. The number of nitrogens with zero attached hydrogens (tertiary/aromatic N) is 2. The molecule has 0 aliphatic carbocycles. The Labute approximate surface area is 45.9 Å². The topological polar surface area (TPSA) is 34.0 Å². The fourth-order valence-corrected chi connectivity index (χ4v) is 0.744. The maximum absolute atomic E-state index is 4.74. The van der Waals surface area contributed by atoms with Gasteiger partial charge >= 0.3 is 45.5 Å². The van der Waals surface area contributed by atoms with Crippen LogP contribution in [-0.4, -0.2) is 10.6 Å². The van der Waals surface area contributed by atoms with E-state index < -0.39 is 0 Å². The molecule has 1 aliphatic heterocycles. The first kappa shape index (κ1) is 4.04. The third-order valence-electron chi connectivity index (χ3n) is 0.289. The average molecular weight is 197 g/mol. The van der Waals surface area contributed by atoms with E-state index in [1.54, 1.807) is 4.22 Å². The summed E-state index contributed by atoms with van der Waals surface area (Å²) < 4.78 is 6.45. The van der Waals surface area contributed by atoms with E-state index in [1.807, 2.05) is 0 Å². The van der Waals surface area contributed by atoms with Gasteiger partial charge in [-0.2, -0.15) is 0 Å². The van der Waals surface area contributed by atoms with Gasteiger partial charge in [0, 0.05) is 0 Å². The van der Waals surface area contributed by atoms with Crippen LogP contribution < -0.4 is 21.6 Å². The first-order valence-corrected chi connectivity index (χ1v) is 3.45. The molecular formula is C2H2IN2O-. The molecule has 0 fully saturated rings. The molecule has 0 atom stereocenters. The molecule has 0 spiro atoms. The van der Waals surface area contributed by atoms with Gasteiger partial charge in [0.2, 0.25) is 0 Å². The van der Waals surface area contributed by atoms with Crippen LogP contribution in [0.15, 0.2) is 10.2 Å². The molecule has 0 aromatic heterocycles. The van der Waals surface area contributed by atoms with Crippen LogP contribution in [0, 0.1) is 0 Å². The minimum atomic E-state index is -0.226. The zero-order chi connectivity index (χ0) is 4.24. The molecule has 0 saturated heterocycles. The van der Waals surface area contributed by atoms with Gasteiger partial charge in [0.05, 0.1) is 0 Å². The molecular weight excluding hydrogens is 195 g/mol. The van der Waals surface area contributed by atoms with E-state index in [4.69, 9.17) is 3.07 Å². The van der Waals surface area contributed by atoms with Gasteiger partial charge in [-0.25, -0.2) is 0 Å². The van der Waals surface area contributed by atoms with E-state index in [-0.39, 0.29) is 21.6 Å². The summed E-state index contributed by atoms with van der Waals surface area (Å²) in [5.41, 5.74) is 0. The molecule has 0 unspecified atom stereocenters. The van der Waals surface area contributed by atoms with Gasteiger partial charge in [0.1, 0.15) is 0 Å². The number of hydrogen-bond acceptors (Lipinski definition) is 3. The van der Waals surface area contributed by atoms with Crippen molar-refractivity contribution >= 4 is 10.6 Å². The van der Waals surface area contributed by atoms with Crippen molar-refractivity contribution in [1.82, 2.24) is 0 Å². The Balaban J connectivity index is 2.46. The summed E-state index contributed by atoms with van der Waals surface area (Å²) in [6.45, 7) is 0. The van der Waals surface area contributed by atoms with E-state index in [2.05, 4.69) is 10.2 Å². The van der Waals surface area contributed by atoms with Gasteiger partial charge < -0.3 is 0 Å². The van der Waals surface area contributed by atoms with E-state index in [0.29, 0.717) is 0 Å². The molecule has 1 heterocycles. The van der Waals surface area contributed by atoms with Crippen LogP contribution in [-0.2, 0) is 3.07 Å². The SMILES string of the molecule is C1=NN=C[I-]O1. The molecule has 0 radical (unpaired) electrons. The Morgan fingerprint density at radius 2 is 2.50 bits per heavy atom. The predicted molar refractivity (Wildman–Crippen MR) is 18.1 cm³/mol. The van der Waals surface area contributed by atoms with Crippen molar-refractivity contribution in [3.63, 3.8) is 0 Å². The zero-order valence-electron chi connectivity index (χ0n) is 2.84. The Hall–Kier alpha value is -0.130. The maximum atomic E-state index is 4.74. The van der Waals surface area contributed by atoms with E-state index in [1.165, 1.54) is 6.40 Å². The summed E-state index contributed by atoms with van der Waals surface area (Å²) in [6, 6.07) is 0. The Morgan fingerprint density at radius 1 is 1.50 bits per heavy atom. The first-order valence-electron chi connectivity index (χ1n) is 1.32. The normalized spacial score (nSPS) is 18.7. The number of halogens is 1. The Morgan fingerprint density at radius 3 is 2.67 bits per heavy atom. The van der Waals surface area contributed by atoms with Crippen molar-refractivity contribution in [2.75, 3.05) is 0 Å². The molecule has 3 nitrogen and oxygen atoms in total. The van der Waals surface area contributed by atoms with Gasteiger partial charge in [0.15, 0.2) is 0 Å². The number of hydrogen-bond donors (Lipinski definition) is 0. The Bertz CT molecular complexity index is 77.5. The van der Waals surface area contributed by atoms with Crippen LogP contribution in [0.1, 0.15) is 0 Å². The summed E-state index contributed by atoms with van der Waals surface area (Å²) in [7, 11) is 0. The van der Waals surface area contributed by atoms with Gasteiger partial charge in [-0.05, 0) is 0 Å². The summed E-state index contributed by atoms with van der Waals surface area (Å²) >= 11 is -0.226. The minimum absolute atomic E-state index is 0.226. The summed E-state index contributed by atoms with van der Waals surface area (Å²) in [5, 5.41) is 6.97. The molecule has 1 aliphatic rings. The molecule has 0 aromatic rings. The van der Waals surface area contributed by atoms with E-state index in [0.717, 1.165) is 0 Å². The van der Waals surface area contributed by atoms with Crippen LogP contribution in [0.5, 0.6) is 0 Å². The molecule has 6 heavy (non-hydrogen) atoms. The monoisotopic (exact) mass is 197 g/mol. The zero-order valence-corrected chi connectivity index (χ0v) is 4.99. The van der Waals surface area contributed by atoms with Crippen LogP contribution >= 0.6 is 0 Å². The van der Waals surface area contributed by atoms with Crippen molar-refractivity contribution in [3.8, 4) is 0 Å². The predicted octanol–water partition coefficient (Wildman–Crippen LogP) is -3.01. The fourth-order valence-electron chi connectivity index (χ4n) is 0.134. The van der Waals surface area contributed by atoms with Gasteiger partial charge in [-0.15, -0.1) is 0 Å². The van der Waals surface area contributed by atoms with Crippen molar-refractivity contribution < 1.29 is 24.7 Å². The molecule has 1 rings (SSSR count). The van der Waals surface area contributed by atoms with E-state index in [9.17, 15) is 0 Å². The second kappa shape index (κ2) is 2.12. The summed E-state index contributed by atoms with van der Waals surface area (Å²) in [5.74, 6) is 0. The van der Waals surface area contributed by atoms with Crippen molar-refractivity contribution in [3.05, 3.63) is 0 Å². The van der Waals surface area contributed by atoms with Gasteiger partial charge in [-0.1, -0.05) is 0 Å². The van der Waals surface area contributed by atoms with Crippen molar-refractivity contribution in [2.45, 2.75) is 0 Å². The quantitative estimate of drug-likeness (QED) is 0.381. The first-order chi connectivity index (χ1) is 3.00. The van der Waals surface area contributed by atoms with Gasteiger partial charge in [-0.3, -0.25) is 0 Å². The van der Waals surface area contributed by atoms with E-state index >= 15 is 0 Å². The van der Waals surface area contributed by atoms with Crippen LogP contribution in [0.4, 0.5) is 0 Å². The summed E-state index contributed by atoms with van der Waals surface area (Å²) in [4.78, 5) is 0. The second-order valence-corrected chi connectivity index (χ2v) is 2.19. The third-order valence-corrected chi connectivity index (χ3v) is 1.29. The molecule has 0 saturated carbocycles. The van der Waals surface area contributed by atoms with Crippen molar-refractivity contribution in [1.29, 1.82) is 0 Å². The molecule has 0 aromatic carbocycles. The Kier molecular flexibility index (Phi) is 1.43. The molecule has 0 bridgehead atoms. The van der Waals surface area contributed by atoms with Gasteiger partial charge in [0.25, 0.3) is 0 Å². The second-order valence-electron chi connectivity index (χ2n) is 0.612. The van der Waals surface area contributed by atoms with Crippen molar-refractivity contribution in [2.24, 2.45) is 10.2 Å². The molecule has 0 N–H and O–H groups in total. The molecule has 34 valence electrons. The standard InChI is InChI=1S/C2H2IN2O/c1-3-6-2-5-4-1/h1-2H/q-1. The summed E-state index contributed by atoms with van der Waals surface area (Å²) in [6.07, 6.45) is 1.37.